The fourth-order valence-electron chi connectivity index (χ4n) is 5.03. The van der Waals surface area contributed by atoms with Gasteiger partial charge in [-0.3, -0.25) is 9.97 Å². The van der Waals surface area contributed by atoms with Gasteiger partial charge < -0.3 is 19.9 Å². The van der Waals surface area contributed by atoms with Gasteiger partial charge in [0.1, 0.15) is 0 Å². The number of pyridine rings is 2. The zero-order valence-electron chi connectivity index (χ0n) is 28.6. The molecule has 0 spiro atoms. The van der Waals surface area contributed by atoms with Gasteiger partial charge in [0.2, 0.25) is 0 Å². The Kier molecular flexibility index (Phi) is 18.7. The van der Waals surface area contributed by atoms with Gasteiger partial charge in [-0.2, -0.15) is 0 Å². The number of hydrogen-bond acceptors (Lipinski definition) is 6. The number of rotatable bonds is 10. The number of hydrogen-bond donors (Lipinski definition) is 2. The lowest BCUT2D eigenvalue weighted by atomic mass is 9.88. The largest absolute Gasteiger partial charge is 0.396 e. The summed E-state index contributed by atoms with van der Waals surface area (Å²) in [7, 11) is 0. The smallest absolute Gasteiger partial charge is 0.0704 e. The van der Waals surface area contributed by atoms with E-state index in [0.717, 1.165) is 43.1 Å². The third-order valence-corrected chi connectivity index (χ3v) is 7.95. The summed E-state index contributed by atoms with van der Waals surface area (Å²) in [5.41, 5.74) is 8.48. The Labute approximate surface area is 268 Å². The van der Waals surface area contributed by atoms with Gasteiger partial charge in [-0.1, -0.05) is 78.1 Å². The number of aryl methyl sites for hydroxylation is 2. The van der Waals surface area contributed by atoms with Crippen LogP contribution in [0.4, 0.5) is 0 Å². The Morgan fingerprint density at radius 1 is 0.886 bits per heavy atom. The molecular formula is C38H59N3O3. The topological polar surface area (TPSA) is 76.5 Å². The van der Waals surface area contributed by atoms with Gasteiger partial charge in [0.25, 0.3) is 0 Å². The maximum atomic E-state index is 8.51. The Morgan fingerprint density at radius 3 is 2.16 bits per heavy atom. The molecule has 6 heteroatoms. The molecule has 0 atom stereocenters. The first-order chi connectivity index (χ1) is 21.4. The highest BCUT2D eigenvalue weighted by molar-refractivity contribution is 5.75. The summed E-state index contributed by atoms with van der Waals surface area (Å²) in [6.45, 7) is 19.2. The van der Waals surface area contributed by atoms with E-state index in [-0.39, 0.29) is 6.61 Å². The first-order valence-electron chi connectivity index (χ1n) is 16.9. The molecule has 244 valence electrons. The lowest BCUT2D eigenvalue weighted by molar-refractivity contribution is -0.00898. The number of piperidine rings is 1. The number of benzene rings is 1. The summed E-state index contributed by atoms with van der Waals surface area (Å²) in [4.78, 5) is 8.72. The van der Waals surface area contributed by atoms with E-state index in [1.54, 1.807) is 0 Å². The second kappa shape index (κ2) is 22.0. The fourth-order valence-corrected chi connectivity index (χ4v) is 5.03. The molecule has 5 rings (SSSR count). The summed E-state index contributed by atoms with van der Waals surface area (Å²) in [6, 6.07) is 12.9. The number of aliphatic hydroxyl groups is 1. The molecule has 1 aliphatic carbocycles. The van der Waals surface area contributed by atoms with Crippen LogP contribution in [-0.2, 0) is 9.47 Å². The summed E-state index contributed by atoms with van der Waals surface area (Å²) < 4.78 is 10.9. The SMILES string of the molecule is CC.CC1CCC1.Cc1ccc(-c2ccc(-c3cnccc3C(C)C)c(C)c2)cn1.OCCCOCCOC1CCNCC1. The predicted molar refractivity (Wildman–Crippen MR) is 185 cm³/mol. The third-order valence-electron chi connectivity index (χ3n) is 7.95. The van der Waals surface area contributed by atoms with Crippen LogP contribution in [0.5, 0.6) is 0 Å². The normalized spacial score (nSPS) is 14.8. The van der Waals surface area contributed by atoms with Crippen LogP contribution in [0.25, 0.3) is 22.3 Å². The van der Waals surface area contributed by atoms with Gasteiger partial charge >= 0.3 is 0 Å². The molecule has 0 bridgehead atoms. The van der Waals surface area contributed by atoms with E-state index >= 15 is 0 Å². The minimum atomic E-state index is 0.204. The molecule has 2 aliphatic rings. The fraction of sp³-hybridized carbons (Fsp3) is 0.579. The van der Waals surface area contributed by atoms with Crippen molar-refractivity contribution in [1.29, 1.82) is 0 Å². The van der Waals surface area contributed by atoms with Crippen LogP contribution in [0.3, 0.4) is 0 Å². The highest BCUT2D eigenvalue weighted by Gasteiger charge is 2.13. The van der Waals surface area contributed by atoms with Crippen molar-refractivity contribution in [2.75, 3.05) is 39.5 Å². The Hall–Kier alpha value is -2.64. The van der Waals surface area contributed by atoms with Crippen molar-refractivity contribution in [2.45, 2.75) is 99.0 Å². The standard InChI is InChI=1S/C21H22N2.C10H21NO3.C5H10.C2H6/c1-14(2)19-9-10-22-13-21(19)20-8-7-17(11-15(20)3)18-6-5-16(4)23-12-18;12-6-1-7-13-8-9-14-10-2-4-11-5-3-10;1-5-3-2-4-5;1-2/h5-14H,1-4H3;10-12H,1-9H2;5H,2-4H2,1H3;1-2H3. The number of nitrogens with zero attached hydrogens (tertiary/aromatic N) is 2. The molecule has 2 N–H and O–H groups in total. The van der Waals surface area contributed by atoms with E-state index < -0.39 is 0 Å². The van der Waals surface area contributed by atoms with Crippen molar-refractivity contribution in [3.63, 3.8) is 0 Å². The monoisotopic (exact) mass is 605 g/mol. The minimum Gasteiger partial charge on any atom is -0.396 e. The van der Waals surface area contributed by atoms with Crippen molar-refractivity contribution in [2.24, 2.45) is 5.92 Å². The molecule has 6 nitrogen and oxygen atoms in total. The summed E-state index contributed by atoms with van der Waals surface area (Å²) >= 11 is 0. The van der Waals surface area contributed by atoms with Crippen LogP contribution in [-0.4, -0.2) is 60.7 Å². The Bertz CT molecular complexity index is 1160. The van der Waals surface area contributed by atoms with E-state index in [4.69, 9.17) is 14.6 Å². The second-order valence-electron chi connectivity index (χ2n) is 11.9. The predicted octanol–water partition coefficient (Wildman–Crippen LogP) is 8.54. The van der Waals surface area contributed by atoms with Crippen molar-refractivity contribution in [3.8, 4) is 22.3 Å². The Balaban J connectivity index is 0.000000271. The van der Waals surface area contributed by atoms with Gasteiger partial charge in [-0.05, 0) is 92.4 Å². The summed E-state index contributed by atoms with van der Waals surface area (Å²) in [5, 5.41) is 11.8. The number of nitrogens with one attached hydrogen (secondary N) is 1. The quantitative estimate of drug-likeness (QED) is 0.226. The number of ether oxygens (including phenoxy) is 2. The minimum absolute atomic E-state index is 0.204. The molecule has 3 heterocycles. The van der Waals surface area contributed by atoms with Gasteiger partial charge in [-0.25, -0.2) is 0 Å². The van der Waals surface area contributed by atoms with Crippen LogP contribution in [0.2, 0.25) is 0 Å². The molecule has 1 aromatic carbocycles. The molecule has 3 aromatic rings. The average Bonchev–Trinajstić information content (AvgIpc) is 3.04. The van der Waals surface area contributed by atoms with Crippen molar-refractivity contribution < 1.29 is 14.6 Å². The molecule has 1 saturated carbocycles. The van der Waals surface area contributed by atoms with Gasteiger partial charge in [0, 0.05) is 48.6 Å². The van der Waals surface area contributed by atoms with Crippen molar-refractivity contribution >= 4 is 0 Å². The lowest BCUT2D eigenvalue weighted by Crippen LogP contribution is -2.33. The van der Waals surface area contributed by atoms with Crippen LogP contribution in [0.15, 0.2) is 55.0 Å². The molecule has 2 fully saturated rings. The van der Waals surface area contributed by atoms with Crippen LogP contribution in [0, 0.1) is 19.8 Å². The first kappa shape index (κ1) is 37.5. The first-order valence-corrected chi connectivity index (χ1v) is 16.9. The van der Waals surface area contributed by atoms with Gasteiger partial charge in [0.05, 0.1) is 19.3 Å². The summed E-state index contributed by atoms with van der Waals surface area (Å²) in [6.07, 6.45) is 13.6. The van der Waals surface area contributed by atoms with E-state index in [1.165, 1.54) is 47.1 Å². The highest BCUT2D eigenvalue weighted by Crippen LogP contribution is 2.33. The third kappa shape index (κ3) is 13.6. The molecule has 0 amide bonds. The molecular weight excluding hydrogens is 546 g/mol. The van der Waals surface area contributed by atoms with Crippen LogP contribution < -0.4 is 5.32 Å². The van der Waals surface area contributed by atoms with Crippen LogP contribution in [0.1, 0.15) is 95.9 Å². The highest BCUT2D eigenvalue weighted by atomic mass is 16.5. The molecule has 44 heavy (non-hydrogen) atoms. The molecule has 1 saturated heterocycles. The van der Waals surface area contributed by atoms with Gasteiger partial charge in [-0.15, -0.1) is 0 Å². The maximum absolute atomic E-state index is 8.51. The van der Waals surface area contributed by atoms with Crippen molar-refractivity contribution in [1.82, 2.24) is 15.3 Å². The number of aliphatic hydroxyl groups excluding tert-OH is 1. The zero-order chi connectivity index (χ0) is 32.2. The summed E-state index contributed by atoms with van der Waals surface area (Å²) in [5.74, 6) is 1.54. The molecule has 2 aromatic heterocycles. The number of aromatic nitrogens is 2. The molecule has 1 aliphatic heterocycles. The van der Waals surface area contributed by atoms with Crippen molar-refractivity contribution in [3.05, 3.63) is 71.8 Å². The van der Waals surface area contributed by atoms with E-state index in [2.05, 4.69) is 79.4 Å². The van der Waals surface area contributed by atoms with E-state index in [0.29, 0.717) is 38.3 Å². The zero-order valence-corrected chi connectivity index (χ0v) is 28.6. The second-order valence-corrected chi connectivity index (χ2v) is 11.9. The van der Waals surface area contributed by atoms with Crippen LogP contribution >= 0.6 is 0 Å². The molecule has 0 unspecified atom stereocenters. The average molecular weight is 606 g/mol. The van der Waals surface area contributed by atoms with Gasteiger partial charge in [0.15, 0.2) is 0 Å². The Morgan fingerprint density at radius 2 is 1.59 bits per heavy atom. The van der Waals surface area contributed by atoms with E-state index in [1.807, 2.05) is 39.4 Å². The lowest BCUT2D eigenvalue weighted by Gasteiger charge is -2.22. The molecule has 0 radical (unpaired) electrons. The maximum Gasteiger partial charge on any atom is 0.0704 e. The van der Waals surface area contributed by atoms with E-state index in [9.17, 15) is 0 Å².